The van der Waals surface area contributed by atoms with Crippen LogP contribution in [0.25, 0.3) is 10.8 Å². The minimum Gasteiger partial charge on any atom is -0.455 e. The highest BCUT2D eigenvalue weighted by Gasteiger charge is 2.09. The lowest BCUT2D eigenvalue weighted by Crippen LogP contribution is -1.93. The van der Waals surface area contributed by atoms with E-state index in [1.165, 1.54) is 0 Å². The van der Waals surface area contributed by atoms with Crippen LogP contribution in [-0.4, -0.2) is 4.98 Å². The van der Waals surface area contributed by atoms with Crippen molar-refractivity contribution in [1.29, 1.82) is 0 Å². The molecule has 0 fully saturated rings. The number of halogens is 1. The molecule has 0 aliphatic carbocycles. The van der Waals surface area contributed by atoms with E-state index in [1.54, 1.807) is 6.20 Å². The minimum absolute atomic E-state index is 0.589. The normalized spacial score (nSPS) is 10.8. The Labute approximate surface area is 128 Å². The molecule has 0 unspecified atom stereocenters. The van der Waals surface area contributed by atoms with E-state index in [9.17, 15) is 0 Å². The van der Waals surface area contributed by atoms with Gasteiger partial charge in [-0.3, -0.25) is 4.98 Å². The molecule has 2 N–H and O–H groups in total. The molecule has 0 radical (unpaired) electrons. The smallest absolute Gasteiger partial charge is 0.146 e. The van der Waals surface area contributed by atoms with Gasteiger partial charge in [-0.15, -0.1) is 0 Å². The van der Waals surface area contributed by atoms with E-state index >= 15 is 0 Å². The van der Waals surface area contributed by atoms with E-state index in [0.29, 0.717) is 16.5 Å². The number of hydrogen-bond acceptors (Lipinski definition) is 3. The molecule has 106 valence electrons. The minimum atomic E-state index is 0.589. The van der Waals surface area contributed by atoms with Crippen LogP contribution in [0.2, 0.25) is 5.02 Å². The summed E-state index contributed by atoms with van der Waals surface area (Å²) in [5.74, 6) is 1.35. The lowest BCUT2D eigenvalue weighted by Gasteiger charge is -2.12. The first-order valence-corrected chi connectivity index (χ1v) is 7.01. The number of pyridine rings is 1. The van der Waals surface area contributed by atoms with Gasteiger partial charge in [-0.2, -0.15) is 0 Å². The van der Waals surface area contributed by atoms with Crippen molar-refractivity contribution in [3.8, 4) is 11.5 Å². The Morgan fingerprint density at radius 1 is 1.00 bits per heavy atom. The number of nitrogen functional groups attached to an aromatic ring is 1. The molecule has 0 amide bonds. The summed E-state index contributed by atoms with van der Waals surface area (Å²) in [6.07, 6.45) is 1.77. The highest BCUT2D eigenvalue weighted by Crippen LogP contribution is 2.36. The third-order valence-corrected chi connectivity index (χ3v) is 3.63. The van der Waals surface area contributed by atoms with Crippen LogP contribution in [0.5, 0.6) is 11.5 Å². The summed E-state index contributed by atoms with van der Waals surface area (Å²) in [5, 5.41) is 2.39. The monoisotopic (exact) mass is 298 g/mol. The molecule has 4 heteroatoms. The summed E-state index contributed by atoms with van der Waals surface area (Å²) in [4.78, 5) is 4.28. The molecule has 0 atom stereocenters. The van der Waals surface area contributed by atoms with Gasteiger partial charge in [0.25, 0.3) is 0 Å². The number of aromatic nitrogens is 1. The van der Waals surface area contributed by atoms with Crippen molar-refractivity contribution in [1.82, 2.24) is 4.98 Å². The molecule has 21 heavy (non-hydrogen) atoms. The standard InChI is InChI=1S/C17H15ClN2O/c1-10-3-5-17(14(18)7-10)21-16-6-4-15(19)13-9-20-11(2)8-12(13)16/h3-9H,19H2,1-2H3. The van der Waals surface area contributed by atoms with Gasteiger partial charge in [-0.25, -0.2) is 0 Å². The number of hydrogen-bond donors (Lipinski definition) is 1. The number of nitrogens with two attached hydrogens (primary N) is 1. The van der Waals surface area contributed by atoms with Gasteiger partial charge in [0, 0.05) is 28.4 Å². The Balaban J connectivity index is 2.12. The van der Waals surface area contributed by atoms with Gasteiger partial charge in [0.1, 0.15) is 11.5 Å². The number of nitrogens with zero attached hydrogens (tertiary/aromatic N) is 1. The predicted molar refractivity (Wildman–Crippen MR) is 87.2 cm³/mol. The van der Waals surface area contributed by atoms with E-state index < -0.39 is 0 Å². The van der Waals surface area contributed by atoms with Crippen LogP contribution in [-0.2, 0) is 0 Å². The highest BCUT2D eigenvalue weighted by molar-refractivity contribution is 6.32. The Morgan fingerprint density at radius 3 is 2.52 bits per heavy atom. The van der Waals surface area contributed by atoms with Gasteiger partial charge in [0.05, 0.1) is 5.02 Å². The molecule has 0 bridgehead atoms. The summed E-state index contributed by atoms with van der Waals surface area (Å²) in [6, 6.07) is 11.3. The van der Waals surface area contributed by atoms with Crippen LogP contribution >= 0.6 is 11.6 Å². The van der Waals surface area contributed by atoms with Crippen LogP contribution in [0.3, 0.4) is 0 Å². The summed E-state index contributed by atoms with van der Waals surface area (Å²) in [7, 11) is 0. The molecular weight excluding hydrogens is 284 g/mol. The van der Waals surface area contributed by atoms with Crippen molar-refractivity contribution < 1.29 is 4.74 Å². The van der Waals surface area contributed by atoms with E-state index in [0.717, 1.165) is 27.8 Å². The van der Waals surface area contributed by atoms with Gasteiger partial charge in [0.2, 0.25) is 0 Å². The van der Waals surface area contributed by atoms with Gasteiger partial charge in [-0.1, -0.05) is 17.7 Å². The number of benzene rings is 2. The molecule has 3 rings (SSSR count). The van der Waals surface area contributed by atoms with Crippen LogP contribution in [0.1, 0.15) is 11.3 Å². The largest absolute Gasteiger partial charge is 0.455 e. The van der Waals surface area contributed by atoms with Crippen molar-refractivity contribution in [3.63, 3.8) is 0 Å². The summed E-state index contributed by atoms with van der Waals surface area (Å²) in [5.41, 5.74) is 8.68. The average molecular weight is 299 g/mol. The third kappa shape index (κ3) is 2.65. The summed E-state index contributed by atoms with van der Waals surface area (Å²) >= 11 is 6.23. The second-order valence-electron chi connectivity index (χ2n) is 5.06. The number of fused-ring (bicyclic) bond motifs is 1. The van der Waals surface area contributed by atoms with Crippen LogP contribution in [0.15, 0.2) is 42.6 Å². The Kier molecular flexibility index (Phi) is 3.43. The quantitative estimate of drug-likeness (QED) is 0.686. The molecular formula is C17H15ClN2O. The number of anilines is 1. The fourth-order valence-corrected chi connectivity index (χ4v) is 2.51. The zero-order chi connectivity index (χ0) is 15.0. The van der Waals surface area contributed by atoms with E-state index in [4.69, 9.17) is 22.1 Å². The predicted octanol–water partition coefficient (Wildman–Crippen LogP) is 4.88. The van der Waals surface area contributed by atoms with E-state index in [-0.39, 0.29) is 0 Å². The molecule has 0 saturated carbocycles. The molecule has 3 aromatic rings. The molecule has 3 nitrogen and oxygen atoms in total. The topological polar surface area (TPSA) is 48.1 Å². The van der Waals surface area contributed by atoms with Gasteiger partial charge in [0.15, 0.2) is 0 Å². The molecule has 0 spiro atoms. The molecule has 1 heterocycles. The number of rotatable bonds is 2. The summed E-state index contributed by atoms with van der Waals surface area (Å²) < 4.78 is 5.97. The van der Waals surface area contributed by atoms with Crippen LogP contribution in [0.4, 0.5) is 5.69 Å². The van der Waals surface area contributed by atoms with E-state index in [2.05, 4.69) is 4.98 Å². The van der Waals surface area contributed by atoms with Crippen molar-refractivity contribution >= 4 is 28.1 Å². The third-order valence-electron chi connectivity index (χ3n) is 3.34. The van der Waals surface area contributed by atoms with Gasteiger partial charge >= 0.3 is 0 Å². The first-order valence-electron chi connectivity index (χ1n) is 6.63. The second-order valence-corrected chi connectivity index (χ2v) is 5.47. The van der Waals surface area contributed by atoms with Crippen LogP contribution in [0, 0.1) is 13.8 Å². The molecule has 0 aliphatic rings. The highest BCUT2D eigenvalue weighted by atomic mass is 35.5. The number of ether oxygens (including phenoxy) is 1. The fourth-order valence-electron chi connectivity index (χ4n) is 2.23. The zero-order valence-electron chi connectivity index (χ0n) is 11.9. The number of aryl methyl sites for hydroxylation is 2. The molecule has 0 saturated heterocycles. The van der Waals surface area contributed by atoms with Crippen molar-refractivity contribution in [2.24, 2.45) is 0 Å². The van der Waals surface area contributed by atoms with Gasteiger partial charge in [-0.05, 0) is 49.7 Å². The average Bonchev–Trinajstić information content (AvgIpc) is 2.44. The van der Waals surface area contributed by atoms with Crippen molar-refractivity contribution in [2.75, 3.05) is 5.73 Å². The van der Waals surface area contributed by atoms with Gasteiger partial charge < -0.3 is 10.5 Å². The lowest BCUT2D eigenvalue weighted by atomic mass is 10.1. The maximum atomic E-state index is 6.23. The van der Waals surface area contributed by atoms with Crippen LogP contribution < -0.4 is 10.5 Å². The Bertz CT molecular complexity index is 830. The zero-order valence-corrected chi connectivity index (χ0v) is 12.6. The SMILES string of the molecule is Cc1ccc(Oc2ccc(N)c3cnc(C)cc23)c(Cl)c1. The maximum absolute atomic E-state index is 6.23. The summed E-state index contributed by atoms with van der Waals surface area (Å²) in [6.45, 7) is 3.93. The van der Waals surface area contributed by atoms with Crippen molar-refractivity contribution in [3.05, 3.63) is 58.9 Å². The molecule has 2 aromatic carbocycles. The van der Waals surface area contributed by atoms with E-state index in [1.807, 2.05) is 50.2 Å². The first-order chi connectivity index (χ1) is 10.0. The first kappa shape index (κ1) is 13.7. The van der Waals surface area contributed by atoms with Crippen molar-refractivity contribution in [2.45, 2.75) is 13.8 Å². The second kappa shape index (κ2) is 5.26. The Hall–Kier alpha value is -2.26. The maximum Gasteiger partial charge on any atom is 0.146 e. The lowest BCUT2D eigenvalue weighted by molar-refractivity contribution is 0.488. The molecule has 0 aliphatic heterocycles. The molecule has 1 aromatic heterocycles. The fraction of sp³-hybridized carbons (Fsp3) is 0.118. The Morgan fingerprint density at radius 2 is 1.76 bits per heavy atom.